The zero-order chi connectivity index (χ0) is 19.7. The molecule has 5 nitrogen and oxygen atoms in total. The highest BCUT2D eigenvalue weighted by molar-refractivity contribution is 9.10. The second-order valence-electron chi connectivity index (χ2n) is 6.51. The predicted molar refractivity (Wildman–Crippen MR) is 102 cm³/mol. The molecule has 0 unspecified atom stereocenters. The number of hydrogen-bond donors (Lipinski definition) is 1. The van der Waals surface area contributed by atoms with Crippen LogP contribution in [0.1, 0.15) is 12.8 Å². The lowest BCUT2D eigenvalue weighted by Gasteiger charge is -2.34. The lowest BCUT2D eigenvalue weighted by molar-refractivity contribution is -0.174. The van der Waals surface area contributed by atoms with Crippen LogP contribution in [0.4, 0.5) is 18.9 Å². The summed E-state index contributed by atoms with van der Waals surface area (Å²) >= 11 is 3.36. The standard InChI is InChI=1S/C18H25BrF3N3O2/c19-15-2-4-16(5-3-15)23-17(26)6-8-25-11-9-24(10-12-25)7-1-13-27-14-18(20,21)22/h2-5H,1,6-14H2,(H,23,26). The number of rotatable bonds is 9. The summed E-state index contributed by atoms with van der Waals surface area (Å²) in [5.74, 6) is -0.0124. The van der Waals surface area contributed by atoms with Crippen LogP contribution in [0.3, 0.4) is 0 Å². The fraction of sp³-hybridized carbons (Fsp3) is 0.611. The second kappa shape index (κ2) is 11.0. The van der Waals surface area contributed by atoms with Gasteiger partial charge in [-0.2, -0.15) is 13.2 Å². The molecule has 1 saturated heterocycles. The third-order valence-corrected chi connectivity index (χ3v) is 4.81. The maximum absolute atomic E-state index is 12.0. The molecule has 0 spiro atoms. The van der Waals surface area contributed by atoms with Crippen LogP contribution >= 0.6 is 15.9 Å². The Bertz CT molecular complexity index is 576. The van der Waals surface area contributed by atoms with E-state index in [0.717, 1.165) is 42.9 Å². The highest BCUT2D eigenvalue weighted by Crippen LogP contribution is 2.15. The number of amides is 1. The summed E-state index contributed by atoms with van der Waals surface area (Å²) in [5.41, 5.74) is 0.778. The Morgan fingerprint density at radius 1 is 1.07 bits per heavy atom. The van der Waals surface area contributed by atoms with Crippen molar-refractivity contribution in [3.63, 3.8) is 0 Å². The topological polar surface area (TPSA) is 44.8 Å². The summed E-state index contributed by atoms with van der Waals surface area (Å²) in [5, 5.41) is 2.88. The molecule has 0 bridgehead atoms. The number of ether oxygens (including phenoxy) is 1. The van der Waals surface area contributed by atoms with E-state index in [1.54, 1.807) is 0 Å². The van der Waals surface area contributed by atoms with Crippen molar-refractivity contribution in [1.82, 2.24) is 9.80 Å². The SMILES string of the molecule is O=C(CCN1CCN(CCCOCC(F)(F)F)CC1)Nc1ccc(Br)cc1. The van der Waals surface area contributed by atoms with E-state index in [4.69, 9.17) is 0 Å². The Labute approximate surface area is 166 Å². The first kappa shape index (κ1) is 22.1. The van der Waals surface area contributed by atoms with Gasteiger partial charge in [-0.15, -0.1) is 0 Å². The van der Waals surface area contributed by atoms with E-state index < -0.39 is 12.8 Å². The van der Waals surface area contributed by atoms with Crippen LogP contribution in [-0.4, -0.2) is 74.4 Å². The molecule has 1 heterocycles. The molecule has 2 rings (SSSR count). The Morgan fingerprint density at radius 2 is 1.67 bits per heavy atom. The van der Waals surface area contributed by atoms with Crippen LogP contribution < -0.4 is 5.32 Å². The van der Waals surface area contributed by atoms with Crippen molar-refractivity contribution >= 4 is 27.5 Å². The van der Waals surface area contributed by atoms with Gasteiger partial charge in [-0.25, -0.2) is 0 Å². The van der Waals surface area contributed by atoms with Gasteiger partial charge in [0.2, 0.25) is 5.91 Å². The van der Waals surface area contributed by atoms with Gasteiger partial charge >= 0.3 is 6.18 Å². The fourth-order valence-corrected chi connectivity index (χ4v) is 3.10. The summed E-state index contributed by atoms with van der Waals surface area (Å²) in [6.07, 6.45) is -3.23. The molecule has 1 aromatic rings. The third-order valence-electron chi connectivity index (χ3n) is 4.28. The molecular formula is C18H25BrF3N3O2. The van der Waals surface area contributed by atoms with Crippen LogP contribution in [0.25, 0.3) is 0 Å². The summed E-state index contributed by atoms with van der Waals surface area (Å²) in [4.78, 5) is 16.5. The minimum Gasteiger partial charge on any atom is -0.372 e. The number of anilines is 1. The van der Waals surface area contributed by atoms with Crippen molar-refractivity contribution in [2.75, 3.05) is 57.8 Å². The first-order chi connectivity index (χ1) is 12.8. The number of nitrogens with zero attached hydrogens (tertiary/aromatic N) is 2. The molecule has 1 amide bonds. The lowest BCUT2D eigenvalue weighted by atomic mass is 10.2. The van der Waals surface area contributed by atoms with Gasteiger partial charge in [0.1, 0.15) is 6.61 Å². The maximum Gasteiger partial charge on any atom is 0.411 e. The largest absolute Gasteiger partial charge is 0.411 e. The van der Waals surface area contributed by atoms with Gasteiger partial charge in [-0.3, -0.25) is 4.79 Å². The van der Waals surface area contributed by atoms with Crippen LogP contribution in [0, 0.1) is 0 Å². The monoisotopic (exact) mass is 451 g/mol. The van der Waals surface area contributed by atoms with E-state index >= 15 is 0 Å². The van der Waals surface area contributed by atoms with Crippen LogP contribution in [0.15, 0.2) is 28.7 Å². The lowest BCUT2D eigenvalue weighted by Crippen LogP contribution is -2.47. The normalized spacial score (nSPS) is 16.4. The van der Waals surface area contributed by atoms with Crippen molar-refractivity contribution in [2.24, 2.45) is 0 Å². The molecule has 0 atom stereocenters. The maximum atomic E-state index is 12.0. The van der Waals surface area contributed by atoms with Crippen molar-refractivity contribution in [3.05, 3.63) is 28.7 Å². The summed E-state index contributed by atoms with van der Waals surface area (Å²) in [7, 11) is 0. The predicted octanol–water partition coefficient (Wildman–Crippen LogP) is 3.36. The van der Waals surface area contributed by atoms with E-state index in [2.05, 4.69) is 35.8 Å². The van der Waals surface area contributed by atoms with Gasteiger partial charge in [0.25, 0.3) is 0 Å². The van der Waals surface area contributed by atoms with Crippen LogP contribution in [0.5, 0.6) is 0 Å². The number of carbonyl (C=O) groups excluding carboxylic acids is 1. The molecule has 0 aromatic heterocycles. The molecule has 0 radical (unpaired) electrons. The first-order valence-corrected chi connectivity index (χ1v) is 9.76. The Morgan fingerprint density at radius 3 is 2.26 bits per heavy atom. The van der Waals surface area contributed by atoms with Crippen molar-refractivity contribution in [3.8, 4) is 0 Å². The number of piperazine rings is 1. The second-order valence-corrected chi connectivity index (χ2v) is 7.43. The van der Waals surface area contributed by atoms with Crippen molar-refractivity contribution in [2.45, 2.75) is 19.0 Å². The van der Waals surface area contributed by atoms with Gasteiger partial charge in [0, 0.05) is 62.5 Å². The van der Waals surface area contributed by atoms with Crippen molar-refractivity contribution in [1.29, 1.82) is 0 Å². The number of benzene rings is 1. The van der Waals surface area contributed by atoms with Gasteiger partial charge in [0.05, 0.1) is 0 Å². The molecule has 1 aromatic carbocycles. The molecule has 1 fully saturated rings. The molecular weight excluding hydrogens is 427 g/mol. The summed E-state index contributed by atoms with van der Waals surface area (Å²) in [6.45, 7) is 3.80. The molecule has 27 heavy (non-hydrogen) atoms. The van der Waals surface area contributed by atoms with Crippen LogP contribution in [0.2, 0.25) is 0 Å². The quantitative estimate of drug-likeness (QED) is 0.584. The Kier molecular flexibility index (Phi) is 9.01. The van der Waals surface area contributed by atoms with Gasteiger partial charge in [0.15, 0.2) is 0 Å². The minimum absolute atomic E-state index is 0.0124. The highest BCUT2D eigenvalue weighted by atomic mass is 79.9. The summed E-state index contributed by atoms with van der Waals surface area (Å²) < 4.78 is 41.5. The van der Waals surface area contributed by atoms with E-state index in [0.29, 0.717) is 19.4 Å². The molecule has 152 valence electrons. The minimum atomic E-state index is -4.25. The molecule has 1 N–H and O–H groups in total. The average Bonchev–Trinajstić information content (AvgIpc) is 2.62. The average molecular weight is 452 g/mol. The highest BCUT2D eigenvalue weighted by Gasteiger charge is 2.27. The van der Waals surface area contributed by atoms with Gasteiger partial charge in [-0.05, 0) is 30.7 Å². The first-order valence-electron chi connectivity index (χ1n) is 8.96. The molecule has 1 aliphatic heterocycles. The molecule has 0 saturated carbocycles. The Balaban J connectivity index is 1.54. The number of hydrogen-bond acceptors (Lipinski definition) is 4. The van der Waals surface area contributed by atoms with E-state index in [9.17, 15) is 18.0 Å². The number of alkyl halides is 3. The third kappa shape index (κ3) is 9.55. The zero-order valence-electron chi connectivity index (χ0n) is 15.1. The van der Waals surface area contributed by atoms with E-state index in [-0.39, 0.29) is 12.5 Å². The van der Waals surface area contributed by atoms with Gasteiger partial charge in [-0.1, -0.05) is 15.9 Å². The number of nitrogens with one attached hydrogen (secondary N) is 1. The van der Waals surface area contributed by atoms with Crippen LogP contribution in [-0.2, 0) is 9.53 Å². The summed E-state index contributed by atoms with van der Waals surface area (Å²) in [6, 6.07) is 7.45. The Hall–Kier alpha value is -1.16. The smallest absolute Gasteiger partial charge is 0.372 e. The molecule has 0 aliphatic carbocycles. The molecule has 1 aliphatic rings. The number of carbonyl (C=O) groups is 1. The molecule has 9 heteroatoms. The zero-order valence-corrected chi connectivity index (χ0v) is 16.7. The van der Waals surface area contributed by atoms with Crippen molar-refractivity contribution < 1.29 is 22.7 Å². The fourth-order valence-electron chi connectivity index (χ4n) is 2.83. The number of halogens is 4. The van der Waals surface area contributed by atoms with E-state index in [1.165, 1.54) is 0 Å². The van der Waals surface area contributed by atoms with E-state index in [1.807, 2.05) is 24.3 Å². The van der Waals surface area contributed by atoms with Gasteiger partial charge < -0.3 is 19.9 Å².